The van der Waals surface area contributed by atoms with E-state index in [1.807, 2.05) is 0 Å². The number of anilines is 2. The summed E-state index contributed by atoms with van der Waals surface area (Å²) in [6, 6.07) is 1.73. The molecule has 1 aromatic heterocycles. The Kier molecular flexibility index (Phi) is 4.19. The van der Waals surface area contributed by atoms with Gasteiger partial charge >= 0.3 is 5.97 Å². The van der Waals surface area contributed by atoms with Crippen LogP contribution >= 0.6 is 0 Å². The van der Waals surface area contributed by atoms with Crippen molar-refractivity contribution in [1.29, 1.82) is 0 Å². The van der Waals surface area contributed by atoms with Crippen molar-refractivity contribution in [3.63, 3.8) is 0 Å². The number of piperazine rings is 1. The Balaban J connectivity index is 1.93. The average molecular weight is 291 g/mol. The highest BCUT2D eigenvalue weighted by Gasteiger charge is 2.21. The summed E-state index contributed by atoms with van der Waals surface area (Å²) in [4.78, 5) is 25.2. The lowest BCUT2D eigenvalue weighted by atomic mass is 10.3. The molecule has 0 saturated carbocycles. The minimum atomic E-state index is -0.408. The first-order valence-corrected chi connectivity index (χ1v) is 7.46. The summed E-state index contributed by atoms with van der Waals surface area (Å²) in [5.74, 6) is 1.05. The second-order valence-electron chi connectivity index (χ2n) is 5.33. The van der Waals surface area contributed by atoms with Gasteiger partial charge in [-0.3, -0.25) is 0 Å². The number of rotatable bonds is 3. The Labute approximate surface area is 124 Å². The van der Waals surface area contributed by atoms with Crippen molar-refractivity contribution in [2.24, 2.45) is 0 Å². The Morgan fingerprint density at radius 1 is 1.14 bits per heavy atom. The summed E-state index contributed by atoms with van der Waals surface area (Å²) in [7, 11) is 1.38. The van der Waals surface area contributed by atoms with Gasteiger partial charge in [0.25, 0.3) is 0 Å². The molecule has 1 aromatic rings. The van der Waals surface area contributed by atoms with Crippen LogP contribution in [-0.2, 0) is 4.74 Å². The first-order valence-electron chi connectivity index (χ1n) is 7.46. The molecule has 0 unspecified atom stereocenters. The molecule has 0 aliphatic carbocycles. The first-order chi connectivity index (χ1) is 10.3. The number of ether oxygens (including phenoxy) is 1. The first kappa shape index (κ1) is 14.1. The largest absolute Gasteiger partial charge is 0.464 e. The highest BCUT2D eigenvalue weighted by molar-refractivity contribution is 5.88. The van der Waals surface area contributed by atoms with E-state index in [4.69, 9.17) is 4.74 Å². The maximum absolute atomic E-state index is 11.9. The summed E-state index contributed by atoms with van der Waals surface area (Å²) >= 11 is 0. The normalized spacial score (nSPS) is 18.9. The van der Waals surface area contributed by atoms with Crippen LogP contribution in [0.3, 0.4) is 0 Å². The van der Waals surface area contributed by atoms with Gasteiger partial charge in [0.15, 0.2) is 5.69 Å². The molecule has 7 nitrogen and oxygen atoms in total. The molecular weight excluding hydrogens is 270 g/mol. The molecule has 2 aliphatic heterocycles. The van der Waals surface area contributed by atoms with Crippen LogP contribution in [0.15, 0.2) is 6.07 Å². The van der Waals surface area contributed by atoms with E-state index < -0.39 is 5.97 Å². The molecule has 3 rings (SSSR count). The summed E-state index contributed by atoms with van der Waals surface area (Å²) in [6.45, 7) is 5.53. The van der Waals surface area contributed by atoms with E-state index in [2.05, 4.69) is 25.1 Å². The van der Waals surface area contributed by atoms with Crippen molar-refractivity contribution in [3.05, 3.63) is 11.8 Å². The van der Waals surface area contributed by atoms with Crippen molar-refractivity contribution in [2.45, 2.75) is 12.8 Å². The van der Waals surface area contributed by atoms with Crippen molar-refractivity contribution < 1.29 is 9.53 Å². The van der Waals surface area contributed by atoms with Gasteiger partial charge in [0, 0.05) is 45.3 Å². The Morgan fingerprint density at radius 2 is 1.86 bits per heavy atom. The second kappa shape index (κ2) is 6.26. The number of esters is 1. The SMILES string of the molecule is COC(=O)c1cc(N2CCNCC2)nc(N2CCCC2)n1. The topological polar surface area (TPSA) is 70.6 Å². The number of carbonyl (C=O) groups excluding carboxylic acids is 1. The molecule has 0 spiro atoms. The third kappa shape index (κ3) is 3.07. The second-order valence-corrected chi connectivity index (χ2v) is 5.33. The number of aromatic nitrogens is 2. The molecule has 2 saturated heterocycles. The van der Waals surface area contributed by atoms with E-state index in [1.54, 1.807) is 6.07 Å². The number of methoxy groups -OCH3 is 1. The minimum absolute atomic E-state index is 0.336. The quantitative estimate of drug-likeness (QED) is 0.802. The van der Waals surface area contributed by atoms with E-state index in [9.17, 15) is 4.79 Å². The smallest absolute Gasteiger partial charge is 0.356 e. The summed E-state index contributed by atoms with van der Waals surface area (Å²) in [5.41, 5.74) is 0.336. The molecule has 0 aromatic carbocycles. The fourth-order valence-corrected chi connectivity index (χ4v) is 2.75. The predicted octanol–water partition coefficient (Wildman–Crippen LogP) is 0.273. The molecule has 1 N–H and O–H groups in total. The monoisotopic (exact) mass is 291 g/mol. The summed E-state index contributed by atoms with van der Waals surface area (Å²) in [5, 5.41) is 3.32. The molecule has 7 heteroatoms. The molecule has 3 heterocycles. The van der Waals surface area contributed by atoms with Gasteiger partial charge in [-0.05, 0) is 12.8 Å². The average Bonchev–Trinajstić information content (AvgIpc) is 3.09. The summed E-state index contributed by atoms with van der Waals surface area (Å²) in [6.07, 6.45) is 2.30. The van der Waals surface area contributed by atoms with E-state index >= 15 is 0 Å². The molecule has 2 fully saturated rings. The summed E-state index contributed by atoms with van der Waals surface area (Å²) < 4.78 is 4.82. The van der Waals surface area contributed by atoms with Crippen LogP contribution in [0.4, 0.5) is 11.8 Å². The number of nitrogens with one attached hydrogen (secondary N) is 1. The van der Waals surface area contributed by atoms with Gasteiger partial charge in [-0.1, -0.05) is 0 Å². The van der Waals surface area contributed by atoms with Crippen LogP contribution in [-0.4, -0.2) is 62.3 Å². The molecule has 0 atom stereocenters. The zero-order chi connectivity index (χ0) is 14.7. The third-order valence-electron chi connectivity index (χ3n) is 3.93. The zero-order valence-corrected chi connectivity index (χ0v) is 12.3. The van der Waals surface area contributed by atoms with E-state index in [0.29, 0.717) is 11.6 Å². The van der Waals surface area contributed by atoms with Gasteiger partial charge in [0.05, 0.1) is 7.11 Å². The van der Waals surface area contributed by atoms with Crippen LogP contribution < -0.4 is 15.1 Å². The number of carbonyl (C=O) groups is 1. The van der Waals surface area contributed by atoms with Crippen molar-refractivity contribution in [2.75, 3.05) is 56.2 Å². The van der Waals surface area contributed by atoms with Gasteiger partial charge in [0.2, 0.25) is 5.95 Å². The number of hydrogen-bond acceptors (Lipinski definition) is 7. The highest BCUT2D eigenvalue weighted by atomic mass is 16.5. The third-order valence-corrected chi connectivity index (χ3v) is 3.93. The van der Waals surface area contributed by atoms with Crippen molar-refractivity contribution >= 4 is 17.7 Å². The van der Waals surface area contributed by atoms with Crippen LogP contribution in [0.2, 0.25) is 0 Å². The van der Waals surface area contributed by atoms with Crippen LogP contribution in [0.5, 0.6) is 0 Å². The molecule has 0 bridgehead atoms. The van der Waals surface area contributed by atoms with Gasteiger partial charge in [-0.15, -0.1) is 0 Å². The highest BCUT2D eigenvalue weighted by Crippen LogP contribution is 2.21. The Hall–Kier alpha value is -1.89. The lowest BCUT2D eigenvalue weighted by Crippen LogP contribution is -2.44. The molecule has 0 radical (unpaired) electrons. The van der Waals surface area contributed by atoms with Crippen molar-refractivity contribution in [3.8, 4) is 0 Å². The lowest BCUT2D eigenvalue weighted by molar-refractivity contribution is 0.0594. The van der Waals surface area contributed by atoms with Gasteiger partial charge in [0.1, 0.15) is 5.82 Å². The standard InChI is InChI=1S/C14H21N5O2/c1-21-13(20)11-10-12(18-8-4-15-5-9-18)17-14(16-11)19-6-2-3-7-19/h10,15H,2-9H2,1H3. The number of nitrogens with zero attached hydrogens (tertiary/aromatic N) is 4. The Morgan fingerprint density at radius 3 is 2.52 bits per heavy atom. The maximum Gasteiger partial charge on any atom is 0.356 e. The van der Waals surface area contributed by atoms with Crippen LogP contribution in [0.25, 0.3) is 0 Å². The fraction of sp³-hybridized carbons (Fsp3) is 0.643. The van der Waals surface area contributed by atoms with Crippen LogP contribution in [0, 0.1) is 0 Å². The molecule has 114 valence electrons. The van der Waals surface area contributed by atoms with Crippen LogP contribution in [0.1, 0.15) is 23.3 Å². The predicted molar refractivity (Wildman–Crippen MR) is 79.9 cm³/mol. The minimum Gasteiger partial charge on any atom is -0.464 e. The number of hydrogen-bond donors (Lipinski definition) is 1. The van der Waals surface area contributed by atoms with Gasteiger partial charge in [-0.25, -0.2) is 9.78 Å². The van der Waals surface area contributed by atoms with E-state index in [0.717, 1.165) is 57.9 Å². The zero-order valence-electron chi connectivity index (χ0n) is 12.3. The lowest BCUT2D eigenvalue weighted by Gasteiger charge is -2.29. The van der Waals surface area contributed by atoms with Gasteiger partial charge in [-0.2, -0.15) is 4.98 Å². The molecule has 0 amide bonds. The Bertz CT molecular complexity index is 510. The van der Waals surface area contributed by atoms with Crippen molar-refractivity contribution in [1.82, 2.24) is 15.3 Å². The molecule has 21 heavy (non-hydrogen) atoms. The fourth-order valence-electron chi connectivity index (χ4n) is 2.75. The van der Waals surface area contributed by atoms with E-state index in [1.165, 1.54) is 7.11 Å². The van der Waals surface area contributed by atoms with E-state index in [-0.39, 0.29) is 0 Å². The molecule has 2 aliphatic rings. The molecular formula is C14H21N5O2. The maximum atomic E-state index is 11.9. The van der Waals surface area contributed by atoms with Gasteiger partial charge < -0.3 is 19.9 Å².